The second-order valence-corrected chi connectivity index (χ2v) is 6.95. The minimum Gasteiger partial charge on any atom is -0.312 e. The third-order valence-corrected chi connectivity index (χ3v) is 4.33. The SMILES string of the molecule is CC(C)CNCc1ccc(CN(C)C2CC2)c(Br)c1. The van der Waals surface area contributed by atoms with Crippen molar-refractivity contribution in [2.24, 2.45) is 5.92 Å². The summed E-state index contributed by atoms with van der Waals surface area (Å²) >= 11 is 3.71. The van der Waals surface area contributed by atoms with Crippen LogP contribution in [0.2, 0.25) is 0 Å². The van der Waals surface area contributed by atoms with Crippen LogP contribution in [0.5, 0.6) is 0 Å². The molecule has 1 aromatic carbocycles. The van der Waals surface area contributed by atoms with Crippen molar-refractivity contribution in [3.05, 3.63) is 33.8 Å². The lowest BCUT2D eigenvalue weighted by Crippen LogP contribution is -2.21. The zero-order valence-corrected chi connectivity index (χ0v) is 13.8. The van der Waals surface area contributed by atoms with E-state index in [1.165, 1.54) is 28.4 Å². The van der Waals surface area contributed by atoms with E-state index >= 15 is 0 Å². The molecule has 1 saturated carbocycles. The molecule has 0 radical (unpaired) electrons. The van der Waals surface area contributed by atoms with Crippen LogP contribution in [-0.4, -0.2) is 24.5 Å². The van der Waals surface area contributed by atoms with Crippen molar-refractivity contribution in [1.82, 2.24) is 10.2 Å². The van der Waals surface area contributed by atoms with Crippen LogP contribution in [0, 0.1) is 5.92 Å². The summed E-state index contributed by atoms with van der Waals surface area (Å²) in [5.74, 6) is 0.704. The minimum absolute atomic E-state index is 0.704. The summed E-state index contributed by atoms with van der Waals surface area (Å²) in [6.45, 7) is 7.55. The van der Waals surface area contributed by atoms with E-state index in [2.05, 4.69) is 65.2 Å². The average Bonchev–Trinajstić information content (AvgIpc) is 3.16. The Morgan fingerprint density at radius 1 is 1.37 bits per heavy atom. The van der Waals surface area contributed by atoms with Crippen LogP contribution >= 0.6 is 15.9 Å². The third kappa shape index (κ3) is 4.90. The maximum absolute atomic E-state index is 3.71. The smallest absolute Gasteiger partial charge is 0.0244 e. The zero-order valence-electron chi connectivity index (χ0n) is 12.2. The van der Waals surface area contributed by atoms with Crippen molar-refractivity contribution in [2.75, 3.05) is 13.6 Å². The molecular weight excluding hydrogens is 300 g/mol. The lowest BCUT2D eigenvalue weighted by molar-refractivity contribution is 0.316. The van der Waals surface area contributed by atoms with Gasteiger partial charge in [0.25, 0.3) is 0 Å². The Labute approximate surface area is 125 Å². The fraction of sp³-hybridized carbons (Fsp3) is 0.625. The molecule has 3 heteroatoms. The summed E-state index contributed by atoms with van der Waals surface area (Å²) in [7, 11) is 2.22. The first-order chi connectivity index (χ1) is 9.06. The number of rotatable bonds is 7. The maximum atomic E-state index is 3.71. The predicted octanol–water partition coefficient (Wildman–Crippen LogP) is 3.79. The highest BCUT2D eigenvalue weighted by Gasteiger charge is 2.26. The molecular formula is C16H25BrN2. The van der Waals surface area contributed by atoms with Gasteiger partial charge < -0.3 is 5.32 Å². The first kappa shape index (κ1) is 15.0. The van der Waals surface area contributed by atoms with Gasteiger partial charge in [-0.3, -0.25) is 4.90 Å². The molecule has 1 aliphatic rings. The summed E-state index contributed by atoms with van der Waals surface area (Å²) in [5.41, 5.74) is 2.74. The second-order valence-electron chi connectivity index (χ2n) is 6.10. The van der Waals surface area contributed by atoms with Gasteiger partial charge in [-0.15, -0.1) is 0 Å². The van der Waals surface area contributed by atoms with Crippen molar-refractivity contribution < 1.29 is 0 Å². The summed E-state index contributed by atoms with van der Waals surface area (Å²) in [6, 6.07) is 7.58. The van der Waals surface area contributed by atoms with E-state index in [1.807, 2.05) is 0 Å². The highest BCUT2D eigenvalue weighted by atomic mass is 79.9. The standard InChI is InChI=1S/C16H25BrN2/c1-12(2)9-18-10-13-4-5-14(16(17)8-13)11-19(3)15-6-7-15/h4-5,8,12,15,18H,6-7,9-11H2,1-3H3. The first-order valence-electron chi connectivity index (χ1n) is 7.24. The maximum Gasteiger partial charge on any atom is 0.0244 e. The molecule has 0 amide bonds. The van der Waals surface area contributed by atoms with Gasteiger partial charge in [-0.05, 0) is 49.5 Å². The molecule has 0 aromatic heterocycles. The number of hydrogen-bond acceptors (Lipinski definition) is 2. The number of benzene rings is 1. The predicted molar refractivity (Wildman–Crippen MR) is 85.2 cm³/mol. The van der Waals surface area contributed by atoms with Crippen LogP contribution in [0.4, 0.5) is 0 Å². The van der Waals surface area contributed by atoms with Crippen LogP contribution in [-0.2, 0) is 13.1 Å². The molecule has 2 nitrogen and oxygen atoms in total. The molecule has 0 unspecified atom stereocenters. The van der Waals surface area contributed by atoms with Crippen molar-refractivity contribution in [3.63, 3.8) is 0 Å². The lowest BCUT2D eigenvalue weighted by Gasteiger charge is -2.17. The monoisotopic (exact) mass is 324 g/mol. The van der Waals surface area contributed by atoms with E-state index in [1.54, 1.807) is 0 Å². The molecule has 0 spiro atoms. The molecule has 106 valence electrons. The van der Waals surface area contributed by atoms with E-state index in [-0.39, 0.29) is 0 Å². The Morgan fingerprint density at radius 2 is 2.11 bits per heavy atom. The van der Waals surface area contributed by atoms with Crippen LogP contribution in [0.1, 0.15) is 37.8 Å². The first-order valence-corrected chi connectivity index (χ1v) is 8.04. The molecule has 0 saturated heterocycles. The summed E-state index contributed by atoms with van der Waals surface area (Å²) in [4.78, 5) is 2.46. The largest absolute Gasteiger partial charge is 0.312 e. The van der Waals surface area contributed by atoms with E-state index in [4.69, 9.17) is 0 Å². The molecule has 1 aromatic rings. The number of halogens is 1. The van der Waals surface area contributed by atoms with Gasteiger partial charge in [0, 0.05) is 23.6 Å². The van der Waals surface area contributed by atoms with Crippen molar-refractivity contribution >= 4 is 15.9 Å². The Morgan fingerprint density at radius 3 is 2.68 bits per heavy atom. The molecule has 1 fully saturated rings. The minimum atomic E-state index is 0.704. The van der Waals surface area contributed by atoms with Crippen molar-refractivity contribution in [1.29, 1.82) is 0 Å². The van der Waals surface area contributed by atoms with Crippen LogP contribution in [0.25, 0.3) is 0 Å². The van der Waals surface area contributed by atoms with Crippen LogP contribution in [0.3, 0.4) is 0 Å². The molecule has 0 aliphatic heterocycles. The van der Waals surface area contributed by atoms with Gasteiger partial charge in [0.15, 0.2) is 0 Å². The van der Waals surface area contributed by atoms with Crippen molar-refractivity contribution in [2.45, 2.75) is 45.8 Å². The van der Waals surface area contributed by atoms with E-state index in [9.17, 15) is 0 Å². The van der Waals surface area contributed by atoms with E-state index < -0.39 is 0 Å². The highest BCUT2D eigenvalue weighted by Crippen LogP contribution is 2.28. The second kappa shape index (κ2) is 6.87. The molecule has 2 rings (SSSR count). The Kier molecular flexibility index (Phi) is 5.43. The number of nitrogens with zero attached hydrogens (tertiary/aromatic N) is 1. The van der Waals surface area contributed by atoms with E-state index in [0.29, 0.717) is 5.92 Å². The van der Waals surface area contributed by atoms with Gasteiger partial charge in [-0.2, -0.15) is 0 Å². The van der Waals surface area contributed by atoms with Gasteiger partial charge in [-0.25, -0.2) is 0 Å². The third-order valence-electron chi connectivity index (χ3n) is 3.59. The number of hydrogen-bond donors (Lipinski definition) is 1. The van der Waals surface area contributed by atoms with Gasteiger partial charge in [-0.1, -0.05) is 41.9 Å². The normalized spacial score (nSPS) is 15.5. The van der Waals surface area contributed by atoms with Crippen LogP contribution in [0.15, 0.2) is 22.7 Å². The summed E-state index contributed by atoms with van der Waals surface area (Å²) in [6.07, 6.45) is 2.73. The topological polar surface area (TPSA) is 15.3 Å². The molecule has 0 bridgehead atoms. The zero-order chi connectivity index (χ0) is 13.8. The molecule has 0 atom stereocenters. The van der Waals surface area contributed by atoms with Gasteiger partial charge in [0.05, 0.1) is 0 Å². The lowest BCUT2D eigenvalue weighted by atomic mass is 10.1. The molecule has 1 aliphatic carbocycles. The molecule has 19 heavy (non-hydrogen) atoms. The van der Waals surface area contributed by atoms with Crippen LogP contribution < -0.4 is 5.32 Å². The van der Waals surface area contributed by atoms with Gasteiger partial charge in [0.2, 0.25) is 0 Å². The van der Waals surface area contributed by atoms with Gasteiger partial charge >= 0.3 is 0 Å². The molecule has 0 heterocycles. The van der Waals surface area contributed by atoms with E-state index in [0.717, 1.165) is 25.7 Å². The van der Waals surface area contributed by atoms with Gasteiger partial charge in [0.1, 0.15) is 0 Å². The number of nitrogens with one attached hydrogen (secondary N) is 1. The fourth-order valence-electron chi connectivity index (χ4n) is 2.25. The Balaban J connectivity index is 1.88. The summed E-state index contributed by atoms with van der Waals surface area (Å²) in [5, 5.41) is 3.49. The molecule has 1 N–H and O–H groups in total. The Hall–Kier alpha value is -0.380. The summed E-state index contributed by atoms with van der Waals surface area (Å²) < 4.78 is 1.24. The quantitative estimate of drug-likeness (QED) is 0.820. The van der Waals surface area contributed by atoms with Crippen molar-refractivity contribution in [3.8, 4) is 0 Å². The average molecular weight is 325 g/mol. The Bertz CT molecular complexity index is 413. The highest BCUT2D eigenvalue weighted by molar-refractivity contribution is 9.10. The fourth-order valence-corrected chi connectivity index (χ4v) is 2.80.